The van der Waals surface area contributed by atoms with E-state index in [1.54, 1.807) is 0 Å². The number of carbonyl (C=O) groups excluding carboxylic acids is 2. The Kier molecular flexibility index (Phi) is 11.2. The number of hydrogen-bond donors (Lipinski definition) is 4. The minimum atomic E-state index is -3.75. The van der Waals surface area contributed by atoms with E-state index in [2.05, 4.69) is 10.6 Å². The standard InChI is InChI=1S/C20H26N4O6S2Se2/c21-31(27,28)17-9-5-15(6-10-17)23-19(25)3-1-13-33-34-14-2-4-20(26)24-16-7-11-18(12-8-16)32(22,29)30/h5-12H,1-4,13-14H2,(H,23,25)(H,24,26)(H2,21,27,28)(H2,22,29,30). The molecule has 34 heavy (non-hydrogen) atoms. The van der Waals surface area contributed by atoms with Crippen LogP contribution in [0.4, 0.5) is 11.4 Å². The number of primary sulfonamides is 2. The first-order valence-electron chi connectivity index (χ1n) is 10.0. The van der Waals surface area contributed by atoms with E-state index >= 15 is 0 Å². The molecule has 0 aliphatic heterocycles. The van der Waals surface area contributed by atoms with Crippen molar-refractivity contribution < 1.29 is 26.4 Å². The number of benzene rings is 2. The van der Waals surface area contributed by atoms with Gasteiger partial charge in [-0.15, -0.1) is 0 Å². The van der Waals surface area contributed by atoms with Gasteiger partial charge in [-0.3, -0.25) is 0 Å². The maximum absolute atomic E-state index is 12.0. The van der Waals surface area contributed by atoms with Gasteiger partial charge in [-0.2, -0.15) is 0 Å². The van der Waals surface area contributed by atoms with Crippen LogP contribution < -0.4 is 20.9 Å². The molecule has 0 aliphatic carbocycles. The molecule has 14 heteroatoms. The van der Waals surface area contributed by atoms with E-state index in [4.69, 9.17) is 10.3 Å². The van der Waals surface area contributed by atoms with Crippen LogP contribution in [0.15, 0.2) is 58.3 Å². The zero-order chi connectivity index (χ0) is 25.2. The second kappa shape index (κ2) is 13.4. The van der Waals surface area contributed by atoms with Gasteiger partial charge in [0.05, 0.1) is 0 Å². The van der Waals surface area contributed by atoms with E-state index in [9.17, 15) is 26.4 Å². The first kappa shape index (κ1) is 28.5. The molecule has 0 saturated heterocycles. The fourth-order valence-corrected chi connectivity index (χ4v) is 10.4. The van der Waals surface area contributed by atoms with Crippen LogP contribution in [-0.2, 0) is 29.6 Å². The van der Waals surface area contributed by atoms with Crippen LogP contribution in [-0.4, -0.2) is 54.9 Å². The van der Waals surface area contributed by atoms with Crippen molar-refractivity contribution in [1.82, 2.24) is 0 Å². The molecule has 2 rings (SSSR count). The number of rotatable bonds is 13. The summed E-state index contributed by atoms with van der Waals surface area (Å²) in [4.78, 5) is 24.0. The topological polar surface area (TPSA) is 179 Å². The van der Waals surface area contributed by atoms with E-state index < -0.39 is 20.0 Å². The molecule has 0 fully saturated rings. The number of anilines is 2. The zero-order valence-electron chi connectivity index (χ0n) is 18.1. The van der Waals surface area contributed by atoms with Crippen LogP contribution in [0.5, 0.6) is 0 Å². The molecule has 186 valence electrons. The molecule has 2 aromatic carbocycles. The van der Waals surface area contributed by atoms with Crippen LogP contribution in [0.25, 0.3) is 0 Å². The Hall–Kier alpha value is -1.76. The van der Waals surface area contributed by atoms with Crippen LogP contribution >= 0.6 is 0 Å². The van der Waals surface area contributed by atoms with Gasteiger partial charge in [-0.25, -0.2) is 0 Å². The third kappa shape index (κ3) is 10.7. The van der Waals surface area contributed by atoms with Crippen LogP contribution in [0.1, 0.15) is 25.7 Å². The van der Waals surface area contributed by atoms with E-state index in [1.807, 2.05) is 0 Å². The van der Waals surface area contributed by atoms with Gasteiger partial charge in [0.15, 0.2) is 0 Å². The summed E-state index contributed by atoms with van der Waals surface area (Å²) in [6.07, 6.45) is 2.33. The van der Waals surface area contributed by atoms with Gasteiger partial charge in [0.25, 0.3) is 0 Å². The van der Waals surface area contributed by atoms with Crippen molar-refractivity contribution in [1.29, 1.82) is 0 Å². The number of nitrogens with one attached hydrogen (secondary N) is 2. The molecule has 0 bridgehead atoms. The second-order valence-corrected chi connectivity index (χ2v) is 18.1. The van der Waals surface area contributed by atoms with Crippen molar-refractivity contribution in [2.45, 2.75) is 46.1 Å². The van der Waals surface area contributed by atoms with Crippen molar-refractivity contribution in [2.24, 2.45) is 10.3 Å². The fraction of sp³-hybridized carbons (Fsp3) is 0.300. The van der Waals surface area contributed by atoms with E-state index in [1.165, 1.54) is 48.5 Å². The Morgan fingerprint density at radius 3 is 1.26 bits per heavy atom. The summed E-state index contributed by atoms with van der Waals surface area (Å²) in [5.74, 6) is -0.249. The molecule has 6 N–H and O–H groups in total. The summed E-state index contributed by atoms with van der Waals surface area (Å²) in [6.45, 7) is 0. The predicted molar refractivity (Wildman–Crippen MR) is 132 cm³/mol. The normalized spacial score (nSPS) is 11.7. The van der Waals surface area contributed by atoms with Gasteiger partial charge in [0.1, 0.15) is 0 Å². The van der Waals surface area contributed by atoms with Crippen molar-refractivity contribution in [3.8, 4) is 0 Å². The molecule has 0 saturated carbocycles. The van der Waals surface area contributed by atoms with Gasteiger partial charge in [0.2, 0.25) is 0 Å². The predicted octanol–water partition coefficient (Wildman–Crippen LogP) is 1.28. The van der Waals surface area contributed by atoms with Crippen molar-refractivity contribution >= 4 is 69.5 Å². The molecule has 0 aromatic heterocycles. The SMILES string of the molecule is NS(=O)(=O)c1ccc(NC(=O)CCC[Se][Se]CCCC(=O)Nc2ccc(S(N)(=O)=O)cc2)cc1. The molecular weight excluding hydrogens is 614 g/mol. The molecule has 10 nitrogen and oxygen atoms in total. The second-order valence-electron chi connectivity index (χ2n) is 7.09. The molecular formula is C20H26N4O6S2Se2. The number of sulfonamides is 2. The van der Waals surface area contributed by atoms with Crippen molar-refractivity contribution in [2.75, 3.05) is 10.6 Å². The Morgan fingerprint density at radius 1 is 0.647 bits per heavy atom. The number of amides is 2. The first-order valence-corrected chi connectivity index (χ1v) is 19.9. The average molecular weight is 641 g/mol. The van der Waals surface area contributed by atoms with Crippen LogP contribution in [0, 0.1) is 0 Å². The Bertz CT molecular complexity index is 1090. The molecule has 0 atom stereocenters. The molecule has 0 unspecified atom stereocenters. The number of hydrogen-bond acceptors (Lipinski definition) is 6. The van der Waals surface area contributed by atoms with E-state index in [0.29, 0.717) is 50.5 Å². The molecule has 2 amide bonds. The van der Waals surface area contributed by atoms with Crippen LogP contribution in [0.2, 0.25) is 10.6 Å². The molecule has 0 radical (unpaired) electrons. The van der Waals surface area contributed by atoms with E-state index in [-0.39, 0.29) is 21.6 Å². The Balaban J connectivity index is 1.53. The number of carbonyl (C=O) groups is 2. The fourth-order valence-electron chi connectivity index (χ4n) is 2.60. The third-order valence-corrected chi connectivity index (χ3v) is 13.8. The van der Waals surface area contributed by atoms with Gasteiger partial charge in [-0.1, -0.05) is 0 Å². The average Bonchev–Trinajstić information content (AvgIpc) is 2.75. The van der Waals surface area contributed by atoms with Gasteiger partial charge < -0.3 is 0 Å². The Morgan fingerprint density at radius 2 is 0.971 bits per heavy atom. The molecule has 0 spiro atoms. The molecule has 0 aliphatic rings. The molecule has 2 aromatic rings. The third-order valence-electron chi connectivity index (χ3n) is 4.28. The van der Waals surface area contributed by atoms with Gasteiger partial charge in [-0.05, 0) is 0 Å². The van der Waals surface area contributed by atoms with Gasteiger partial charge in [0, 0.05) is 0 Å². The monoisotopic (exact) mass is 642 g/mol. The summed E-state index contributed by atoms with van der Waals surface area (Å²) in [5.41, 5.74) is 1.04. The summed E-state index contributed by atoms with van der Waals surface area (Å²) in [7, 11) is -7.51. The quantitative estimate of drug-likeness (QED) is 0.189. The number of nitrogens with two attached hydrogens (primary N) is 2. The summed E-state index contributed by atoms with van der Waals surface area (Å²) >= 11 is 0.898. The Labute approximate surface area is 210 Å². The maximum atomic E-state index is 12.0. The van der Waals surface area contributed by atoms with Gasteiger partial charge >= 0.3 is 211 Å². The summed E-state index contributed by atoms with van der Waals surface area (Å²) < 4.78 is 44.9. The minimum absolute atomic E-state index is 0.00768. The first-order chi connectivity index (χ1) is 15.9. The van der Waals surface area contributed by atoms with E-state index in [0.717, 1.165) is 23.5 Å². The van der Waals surface area contributed by atoms with Crippen LogP contribution in [0.3, 0.4) is 0 Å². The molecule has 0 heterocycles. The summed E-state index contributed by atoms with van der Waals surface area (Å²) in [5, 5.41) is 17.5. The zero-order valence-corrected chi connectivity index (χ0v) is 23.2. The summed E-state index contributed by atoms with van der Waals surface area (Å²) in [6, 6.07) is 11.4. The van der Waals surface area contributed by atoms with Crippen molar-refractivity contribution in [3.63, 3.8) is 0 Å². The van der Waals surface area contributed by atoms with Crippen molar-refractivity contribution in [3.05, 3.63) is 48.5 Å².